The highest BCUT2D eigenvalue weighted by atomic mass is 19.1. The van der Waals surface area contributed by atoms with Gasteiger partial charge in [0.25, 0.3) is 0 Å². The second kappa shape index (κ2) is 3.81. The molecule has 1 aromatic heterocycles. The standard InChI is InChI=1S/C13H12FN/c1-9-7-11(3-4-13(9)14)12-5-6-15-10(2)8-12/h3-8H,1-2H3. The Morgan fingerprint density at radius 3 is 2.40 bits per heavy atom. The van der Waals surface area contributed by atoms with Crippen LogP contribution < -0.4 is 0 Å². The molecule has 0 aliphatic carbocycles. The lowest BCUT2D eigenvalue weighted by atomic mass is 10.0. The monoisotopic (exact) mass is 201 g/mol. The number of hydrogen-bond acceptors (Lipinski definition) is 1. The zero-order valence-electron chi connectivity index (χ0n) is 8.79. The fourth-order valence-electron chi connectivity index (χ4n) is 1.55. The number of halogens is 1. The first kappa shape index (κ1) is 9.84. The van der Waals surface area contributed by atoms with E-state index in [9.17, 15) is 4.39 Å². The van der Waals surface area contributed by atoms with E-state index < -0.39 is 0 Å². The van der Waals surface area contributed by atoms with E-state index in [4.69, 9.17) is 0 Å². The molecule has 0 bridgehead atoms. The molecule has 0 unspecified atom stereocenters. The van der Waals surface area contributed by atoms with Gasteiger partial charge in [-0.25, -0.2) is 4.39 Å². The molecule has 0 saturated heterocycles. The lowest BCUT2D eigenvalue weighted by Crippen LogP contribution is -1.86. The second-order valence-electron chi connectivity index (χ2n) is 3.65. The van der Waals surface area contributed by atoms with Gasteiger partial charge in [0, 0.05) is 11.9 Å². The molecule has 0 aliphatic rings. The molecular formula is C13H12FN. The average molecular weight is 201 g/mol. The van der Waals surface area contributed by atoms with Crippen LogP contribution in [0.2, 0.25) is 0 Å². The van der Waals surface area contributed by atoms with Gasteiger partial charge in [0.15, 0.2) is 0 Å². The Bertz CT molecular complexity index is 492. The van der Waals surface area contributed by atoms with E-state index in [0.717, 1.165) is 16.8 Å². The van der Waals surface area contributed by atoms with Crippen molar-refractivity contribution in [3.63, 3.8) is 0 Å². The van der Waals surface area contributed by atoms with Crippen molar-refractivity contribution >= 4 is 0 Å². The Kier molecular flexibility index (Phi) is 2.50. The molecule has 15 heavy (non-hydrogen) atoms. The van der Waals surface area contributed by atoms with Crippen molar-refractivity contribution in [2.45, 2.75) is 13.8 Å². The van der Waals surface area contributed by atoms with Crippen molar-refractivity contribution < 1.29 is 4.39 Å². The lowest BCUT2D eigenvalue weighted by molar-refractivity contribution is 0.619. The van der Waals surface area contributed by atoms with Crippen molar-refractivity contribution in [3.8, 4) is 11.1 Å². The third-order valence-corrected chi connectivity index (χ3v) is 2.39. The Morgan fingerprint density at radius 2 is 1.73 bits per heavy atom. The number of rotatable bonds is 1. The van der Waals surface area contributed by atoms with E-state index in [1.54, 1.807) is 19.2 Å². The maximum Gasteiger partial charge on any atom is 0.126 e. The van der Waals surface area contributed by atoms with Gasteiger partial charge in [0.05, 0.1) is 0 Å². The summed E-state index contributed by atoms with van der Waals surface area (Å²) in [5, 5.41) is 0. The molecular weight excluding hydrogens is 189 g/mol. The summed E-state index contributed by atoms with van der Waals surface area (Å²) in [6.45, 7) is 3.72. The van der Waals surface area contributed by atoms with Crippen LogP contribution in [-0.2, 0) is 0 Å². The highest BCUT2D eigenvalue weighted by Gasteiger charge is 2.01. The predicted octanol–water partition coefficient (Wildman–Crippen LogP) is 3.50. The summed E-state index contributed by atoms with van der Waals surface area (Å²) >= 11 is 0. The fourth-order valence-corrected chi connectivity index (χ4v) is 1.55. The highest BCUT2D eigenvalue weighted by molar-refractivity contribution is 5.64. The molecule has 0 aliphatic heterocycles. The van der Waals surface area contributed by atoms with Gasteiger partial charge in [-0.05, 0) is 54.8 Å². The summed E-state index contributed by atoms with van der Waals surface area (Å²) in [4.78, 5) is 4.13. The maximum atomic E-state index is 13.1. The molecule has 0 fully saturated rings. The zero-order valence-corrected chi connectivity index (χ0v) is 8.79. The van der Waals surface area contributed by atoms with E-state index in [-0.39, 0.29) is 5.82 Å². The molecule has 0 spiro atoms. The first-order valence-corrected chi connectivity index (χ1v) is 4.86. The van der Waals surface area contributed by atoms with Gasteiger partial charge >= 0.3 is 0 Å². The number of pyridine rings is 1. The van der Waals surface area contributed by atoms with Gasteiger partial charge in [-0.1, -0.05) is 6.07 Å². The largest absolute Gasteiger partial charge is 0.262 e. The molecule has 76 valence electrons. The molecule has 1 aromatic carbocycles. The molecule has 2 aromatic rings. The van der Waals surface area contributed by atoms with Crippen LogP contribution in [0.4, 0.5) is 4.39 Å². The van der Waals surface area contributed by atoms with Crippen molar-refractivity contribution in [2.24, 2.45) is 0 Å². The normalized spacial score (nSPS) is 10.3. The smallest absolute Gasteiger partial charge is 0.126 e. The molecule has 0 atom stereocenters. The van der Waals surface area contributed by atoms with E-state index in [0.29, 0.717) is 5.56 Å². The van der Waals surface area contributed by atoms with Gasteiger partial charge in [-0.15, -0.1) is 0 Å². The number of nitrogens with zero attached hydrogens (tertiary/aromatic N) is 1. The van der Waals surface area contributed by atoms with Crippen LogP contribution in [0.5, 0.6) is 0 Å². The molecule has 0 amide bonds. The van der Waals surface area contributed by atoms with Crippen LogP contribution in [0.25, 0.3) is 11.1 Å². The summed E-state index contributed by atoms with van der Waals surface area (Å²) in [6.07, 6.45) is 1.77. The van der Waals surface area contributed by atoms with E-state index in [1.807, 2.05) is 25.1 Å². The molecule has 2 rings (SSSR count). The summed E-state index contributed by atoms with van der Waals surface area (Å²) in [7, 11) is 0. The van der Waals surface area contributed by atoms with Gasteiger partial charge in [0.1, 0.15) is 5.82 Å². The molecule has 1 nitrogen and oxygen atoms in total. The maximum absolute atomic E-state index is 13.1. The van der Waals surface area contributed by atoms with Crippen LogP contribution in [0.3, 0.4) is 0 Å². The molecule has 1 heterocycles. The van der Waals surface area contributed by atoms with Crippen molar-refractivity contribution in [1.29, 1.82) is 0 Å². The minimum Gasteiger partial charge on any atom is -0.262 e. The quantitative estimate of drug-likeness (QED) is 0.688. The van der Waals surface area contributed by atoms with E-state index in [2.05, 4.69) is 4.98 Å². The van der Waals surface area contributed by atoms with Crippen molar-refractivity contribution in [2.75, 3.05) is 0 Å². The van der Waals surface area contributed by atoms with Crippen LogP contribution >= 0.6 is 0 Å². The lowest BCUT2D eigenvalue weighted by Gasteiger charge is -2.04. The van der Waals surface area contributed by atoms with Crippen LogP contribution in [0.15, 0.2) is 36.5 Å². The number of aromatic nitrogens is 1. The Balaban J connectivity index is 2.50. The molecule has 0 saturated carbocycles. The summed E-state index contributed by atoms with van der Waals surface area (Å²) in [6, 6.07) is 9.06. The Hall–Kier alpha value is -1.70. The Labute approximate surface area is 88.6 Å². The van der Waals surface area contributed by atoms with Gasteiger partial charge < -0.3 is 0 Å². The topological polar surface area (TPSA) is 12.9 Å². The van der Waals surface area contributed by atoms with Crippen LogP contribution in [-0.4, -0.2) is 4.98 Å². The first-order chi connectivity index (χ1) is 7.16. The van der Waals surface area contributed by atoms with Crippen LogP contribution in [0.1, 0.15) is 11.3 Å². The summed E-state index contributed by atoms with van der Waals surface area (Å²) in [5.74, 6) is -0.162. The Morgan fingerprint density at radius 1 is 1.00 bits per heavy atom. The third kappa shape index (κ3) is 2.04. The molecule has 2 heteroatoms. The fraction of sp³-hybridized carbons (Fsp3) is 0.154. The molecule has 0 radical (unpaired) electrons. The number of aryl methyl sites for hydroxylation is 2. The molecule has 0 N–H and O–H groups in total. The summed E-state index contributed by atoms with van der Waals surface area (Å²) < 4.78 is 13.1. The van der Waals surface area contributed by atoms with Crippen molar-refractivity contribution in [1.82, 2.24) is 4.98 Å². The number of benzene rings is 1. The van der Waals surface area contributed by atoms with E-state index in [1.165, 1.54) is 6.07 Å². The van der Waals surface area contributed by atoms with Gasteiger partial charge in [-0.2, -0.15) is 0 Å². The minimum absolute atomic E-state index is 0.162. The SMILES string of the molecule is Cc1cc(-c2ccc(F)c(C)c2)ccn1. The van der Waals surface area contributed by atoms with Gasteiger partial charge in [-0.3, -0.25) is 4.98 Å². The van der Waals surface area contributed by atoms with E-state index >= 15 is 0 Å². The van der Waals surface area contributed by atoms with Crippen molar-refractivity contribution in [3.05, 3.63) is 53.6 Å². The van der Waals surface area contributed by atoms with Gasteiger partial charge in [0.2, 0.25) is 0 Å². The average Bonchev–Trinajstić information content (AvgIpc) is 2.22. The minimum atomic E-state index is -0.162. The zero-order chi connectivity index (χ0) is 10.8. The number of hydrogen-bond donors (Lipinski definition) is 0. The van der Waals surface area contributed by atoms with Crippen LogP contribution in [0, 0.1) is 19.7 Å². The predicted molar refractivity (Wildman–Crippen MR) is 59.1 cm³/mol. The third-order valence-electron chi connectivity index (χ3n) is 2.39. The first-order valence-electron chi connectivity index (χ1n) is 4.86. The summed E-state index contributed by atoms with van der Waals surface area (Å²) in [5.41, 5.74) is 3.74. The second-order valence-corrected chi connectivity index (χ2v) is 3.65. The highest BCUT2D eigenvalue weighted by Crippen LogP contribution is 2.21.